The molecule has 0 fully saturated rings. The molecule has 0 bridgehead atoms. The first-order valence-corrected chi connectivity index (χ1v) is 5.76. The molecule has 0 aliphatic rings. The second kappa shape index (κ2) is 7.09. The number of carbonyl (C=O) groups excluding carboxylic acids is 1. The van der Waals surface area contributed by atoms with Crippen LogP contribution in [-0.2, 0) is 4.74 Å². The third-order valence-electron chi connectivity index (χ3n) is 2.21. The van der Waals surface area contributed by atoms with E-state index in [4.69, 9.17) is 16.3 Å². The number of alkyl halides is 1. The number of ether oxygens (including phenoxy) is 1. The zero-order valence-corrected chi connectivity index (χ0v) is 10.4. The summed E-state index contributed by atoms with van der Waals surface area (Å²) >= 11 is 5.63. The highest BCUT2D eigenvalue weighted by atomic mass is 35.5. The van der Waals surface area contributed by atoms with Crippen LogP contribution in [0.5, 0.6) is 0 Å². The Morgan fingerprint density at radius 2 is 2.24 bits per heavy atom. The zero-order chi connectivity index (χ0) is 12.7. The van der Waals surface area contributed by atoms with Crippen molar-refractivity contribution in [3.63, 3.8) is 0 Å². The number of hydrogen-bond acceptors (Lipinski definition) is 3. The van der Waals surface area contributed by atoms with Gasteiger partial charge in [0.25, 0.3) is 5.91 Å². The van der Waals surface area contributed by atoms with Crippen LogP contribution < -0.4 is 5.56 Å². The van der Waals surface area contributed by atoms with E-state index in [9.17, 15) is 9.59 Å². The number of pyridine rings is 1. The van der Waals surface area contributed by atoms with Crippen molar-refractivity contribution < 1.29 is 9.53 Å². The van der Waals surface area contributed by atoms with Crippen LogP contribution in [0.1, 0.15) is 10.5 Å². The standard InChI is InChI=1S/C11H15ClN2O3/c1-17-8-7-14(6-5-12)11(16)9-3-2-4-10(15)13-9/h2-4H,5-8H2,1H3,(H,13,15). The molecule has 1 N–H and O–H groups in total. The maximum absolute atomic E-state index is 12.0. The third-order valence-corrected chi connectivity index (χ3v) is 2.37. The highest BCUT2D eigenvalue weighted by Gasteiger charge is 2.15. The molecule has 0 radical (unpaired) electrons. The molecule has 0 saturated heterocycles. The van der Waals surface area contributed by atoms with Gasteiger partial charge in [0, 0.05) is 32.1 Å². The lowest BCUT2D eigenvalue weighted by Crippen LogP contribution is -2.36. The van der Waals surface area contributed by atoms with Crippen LogP contribution in [0.2, 0.25) is 0 Å². The Morgan fingerprint density at radius 3 is 2.82 bits per heavy atom. The summed E-state index contributed by atoms with van der Waals surface area (Å²) in [7, 11) is 1.56. The normalized spacial score (nSPS) is 10.2. The van der Waals surface area contributed by atoms with E-state index in [1.165, 1.54) is 6.07 Å². The smallest absolute Gasteiger partial charge is 0.270 e. The van der Waals surface area contributed by atoms with Gasteiger partial charge in [-0.3, -0.25) is 9.59 Å². The predicted octanol–water partition coefficient (Wildman–Crippen LogP) is 0.702. The number of nitrogens with one attached hydrogen (secondary N) is 1. The highest BCUT2D eigenvalue weighted by Crippen LogP contribution is 2.00. The van der Waals surface area contributed by atoms with E-state index < -0.39 is 0 Å². The molecular weight excluding hydrogens is 244 g/mol. The maximum atomic E-state index is 12.0. The molecule has 1 rings (SSSR count). The summed E-state index contributed by atoms with van der Waals surface area (Å²) in [5.74, 6) is 0.0902. The first-order chi connectivity index (χ1) is 8.19. The topological polar surface area (TPSA) is 62.4 Å². The molecular formula is C11H15ClN2O3. The summed E-state index contributed by atoms with van der Waals surface area (Å²) in [6, 6.07) is 4.47. The largest absolute Gasteiger partial charge is 0.383 e. The molecule has 5 nitrogen and oxygen atoms in total. The summed E-state index contributed by atoms with van der Waals surface area (Å²) in [5, 5.41) is 0. The van der Waals surface area contributed by atoms with Gasteiger partial charge in [-0.1, -0.05) is 6.07 Å². The summed E-state index contributed by atoms with van der Waals surface area (Å²) in [5.41, 5.74) is -0.0351. The van der Waals surface area contributed by atoms with Gasteiger partial charge < -0.3 is 14.6 Å². The SMILES string of the molecule is COCCN(CCCl)C(=O)c1cccc(=O)[nH]1. The van der Waals surface area contributed by atoms with Crippen molar-refractivity contribution in [2.75, 3.05) is 32.7 Å². The molecule has 6 heteroatoms. The molecule has 0 saturated carbocycles. The second-order valence-electron chi connectivity index (χ2n) is 3.40. The molecule has 0 unspecified atom stereocenters. The number of nitrogens with zero attached hydrogens (tertiary/aromatic N) is 1. The van der Waals surface area contributed by atoms with Crippen LogP contribution in [0.25, 0.3) is 0 Å². The molecule has 0 aliphatic heterocycles. The maximum Gasteiger partial charge on any atom is 0.270 e. The number of carbonyl (C=O) groups is 1. The van der Waals surface area contributed by atoms with E-state index in [-0.39, 0.29) is 17.2 Å². The zero-order valence-electron chi connectivity index (χ0n) is 9.61. The Labute approximate surface area is 104 Å². The van der Waals surface area contributed by atoms with Gasteiger partial charge in [0.2, 0.25) is 5.56 Å². The number of amides is 1. The average Bonchev–Trinajstić information content (AvgIpc) is 2.33. The van der Waals surface area contributed by atoms with Crippen molar-refractivity contribution in [3.8, 4) is 0 Å². The van der Waals surface area contributed by atoms with Crippen LogP contribution >= 0.6 is 11.6 Å². The fourth-order valence-corrected chi connectivity index (χ4v) is 1.57. The Balaban J connectivity index is 2.79. The minimum absolute atomic E-state index is 0.250. The molecule has 1 aromatic heterocycles. The second-order valence-corrected chi connectivity index (χ2v) is 3.78. The quantitative estimate of drug-likeness (QED) is 0.764. The van der Waals surface area contributed by atoms with Gasteiger partial charge in [-0.05, 0) is 6.07 Å². The summed E-state index contributed by atoms with van der Waals surface area (Å²) in [4.78, 5) is 27.2. The minimum atomic E-state index is -0.298. The molecule has 0 atom stereocenters. The van der Waals surface area contributed by atoms with E-state index in [0.29, 0.717) is 25.6 Å². The summed E-state index contributed by atoms with van der Waals surface area (Å²) < 4.78 is 4.92. The summed E-state index contributed by atoms with van der Waals surface area (Å²) in [6.45, 7) is 1.29. The lowest BCUT2D eigenvalue weighted by Gasteiger charge is -2.20. The molecule has 0 aromatic carbocycles. The van der Waals surface area contributed by atoms with E-state index in [0.717, 1.165) is 0 Å². The number of aromatic amines is 1. The Kier molecular flexibility index (Phi) is 5.72. The Hall–Kier alpha value is -1.33. The number of H-pyrrole nitrogens is 1. The number of aromatic nitrogens is 1. The lowest BCUT2D eigenvalue weighted by molar-refractivity contribution is 0.0702. The van der Waals surface area contributed by atoms with Crippen LogP contribution in [0, 0.1) is 0 Å². The minimum Gasteiger partial charge on any atom is -0.383 e. The summed E-state index contributed by atoms with van der Waals surface area (Å²) in [6.07, 6.45) is 0. The van der Waals surface area contributed by atoms with Crippen molar-refractivity contribution in [3.05, 3.63) is 34.2 Å². The van der Waals surface area contributed by atoms with Crippen molar-refractivity contribution >= 4 is 17.5 Å². The molecule has 1 heterocycles. The number of hydrogen-bond donors (Lipinski definition) is 1. The van der Waals surface area contributed by atoms with Gasteiger partial charge in [0.05, 0.1) is 6.61 Å². The third kappa shape index (κ3) is 4.20. The molecule has 1 aromatic rings. The average molecular weight is 259 g/mol. The van der Waals surface area contributed by atoms with Crippen molar-refractivity contribution in [1.82, 2.24) is 9.88 Å². The van der Waals surface area contributed by atoms with Crippen LogP contribution in [-0.4, -0.2) is 48.5 Å². The Bertz CT molecular complexity index is 419. The van der Waals surface area contributed by atoms with Gasteiger partial charge in [-0.15, -0.1) is 11.6 Å². The monoisotopic (exact) mass is 258 g/mol. The molecule has 0 aliphatic carbocycles. The van der Waals surface area contributed by atoms with Gasteiger partial charge in [0.1, 0.15) is 5.69 Å². The van der Waals surface area contributed by atoms with Gasteiger partial charge in [-0.25, -0.2) is 0 Å². The van der Waals surface area contributed by atoms with E-state index >= 15 is 0 Å². The fourth-order valence-electron chi connectivity index (χ4n) is 1.36. The van der Waals surface area contributed by atoms with E-state index in [1.54, 1.807) is 24.1 Å². The molecule has 94 valence electrons. The predicted molar refractivity (Wildman–Crippen MR) is 65.6 cm³/mol. The van der Waals surface area contributed by atoms with Crippen LogP contribution in [0.3, 0.4) is 0 Å². The van der Waals surface area contributed by atoms with E-state index in [1.807, 2.05) is 0 Å². The molecule has 1 amide bonds. The molecule has 0 spiro atoms. The fraction of sp³-hybridized carbons (Fsp3) is 0.455. The number of halogens is 1. The van der Waals surface area contributed by atoms with Gasteiger partial charge >= 0.3 is 0 Å². The Morgan fingerprint density at radius 1 is 1.47 bits per heavy atom. The van der Waals surface area contributed by atoms with E-state index in [2.05, 4.69) is 4.98 Å². The first kappa shape index (κ1) is 13.7. The van der Waals surface area contributed by atoms with Crippen molar-refractivity contribution in [1.29, 1.82) is 0 Å². The van der Waals surface area contributed by atoms with Gasteiger partial charge in [0.15, 0.2) is 0 Å². The van der Waals surface area contributed by atoms with Crippen molar-refractivity contribution in [2.45, 2.75) is 0 Å². The number of methoxy groups -OCH3 is 1. The van der Waals surface area contributed by atoms with Gasteiger partial charge in [-0.2, -0.15) is 0 Å². The van der Waals surface area contributed by atoms with Crippen molar-refractivity contribution in [2.24, 2.45) is 0 Å². The first-order valence-electron chi connectivity index (χ1n) is 5.22. The lowest BCUT2D eigenvalue weighted by atomic mass is 10.3. The highest BCUT2D eigenvalue weighted by molar-refractivity contribution is 6.18. The van der Waals surface area contributed by atoms with Crippen LogP contribution in [0.4, 0.5) is 0 Å². The number of rotatable bonds is 6. The van der Waals surface area contributed by atoms with Crippen LogP contribution in [0.15, 0.2) is 23.0 Å². The molecule has 17 heavy (non-hydrogen) atoms.